The molecule has 3 N–H and O–H groups in total. The SMILES string of the molecule is Nc1ccc(C(=O)Nc2ccc(Cl)cc2)cc1Cl. The Kier molecular flexibility index (Phi) is 3.75. The van der Waals surface area contributed by atoms with Crippen molar-refractivity contribution in [3.05, 3.63) is 58.1 Å². The number of nitrogen functional groups attached to an aromatic ring is 1. The number of rotatable bonds is 2. The first kappa shape index (κ1) is 12.7. The minimum absolute atomic E-state index is 0.251. The van der Waals surface area contributed by atoms with Crippen LogP contribution in [0.25, 0.3) is 0 Å². The van der Waals surface area contributed by atoms with Crippen molar-refractivity contribution < 1.29 is 4.79 Å². The Hall–Kier alpha value is -1.71. The van der Waals surface area contributed by atoms with E-state index < -0.39 is 0 Å². The molecule has 0 bridgehead atoms. The summed E-state index contributed by atoms with van der Waals surface area (Å²) in [7, 11) is 0. The van der Waals surface area contributed by atoms with Crippen molar-refractivity contribution in [1.82, 2.24) is 0 Å². The lowest BCUT2D eigenvalue weighted by molar-refractivity contribution is 0.102. The van der Waals surface area contributed by atoms with Crippen LogP contribution in [0, 0.1) is 0 Å². The lowest BCUT2D eigenvalue weighted by atomic mass is 10.2. The number of hydrogen-bond acceptors (Lipinski definition) is 2. The van der Waals surface area contributed by atoms with Gasteiger partial charge in [-0.2, -0.15) is 0 Å². The average molecular weight is 281 g/mol. The zero-order valence-electron chi connectivity index (χ0n) is 9.28. The van der Waals surface area contributed by atoms with Crippen molar-refractivity contribution in [3.63, 3.8) is 0 Å². The van der Waals surface area contributed by atoms with Gasteiger partial charge in [0.1, 0.15) is 0 Å². The molecule has 0 spiro atoms. The zero-order chi connectivity index (χ0) is 13.1. The Morgan fingerprint density at radius 1 is 1.06 bits per heavy atom. The summed E-state index contributed by atoms with van der Waals surface area (Å²) in [6, 6.07) is 11.6. The zero-order valence-corrected chi connectivity index (χ0v) is 10.8. The molecule has 18 heavy (non-hydrogen) atoms. The van der Waals surface area contributed by atoms with Crippen molar-refractivity contribution in [2.75, 3.05) is 11.1 Å². The summed E-state index contributed by atoms with van der Waals surface area (Å²) in [5.74, 6) is -0.251. The number of nitrogens with one attached hydrogen (secondary N) is 1. The molecule has 0 aromatic heterocycles. The van der Waals surface area contributed by atoms with Crippen LogP contribution in [0.3, 0.4) is 0 Å². The van der Waals surface area contributed by atoms with E-state index in [9.17, 15) is 4.79 Å². The maximum Gasteiger partial charge on any atom is 0.255 e. The van der Waals surface area contributed by atoms with Gasteiger partial charge in [-0.15, -0.1) is 0 Å². The Morgan fingerprint density at radius 2 is 1.72 bits per heavy atom. The molecule has 2 aromatic carbocycles. The Bertz CT molecular complexity index is 582. The number of hydrogen-bond donors (Lipinski definition) is 2. The molecule has 0 heterocycles. The van der Waals surface area contributed by atoms with Crippen LogP contribution in [-0.2, 0) is 0 Å². The average Bonchev–Trinajstić information content (AvgIpc) is 2.35. The summed E-state index contributed by atoms with van der Waals surface area (Å²) in [5, 5.41) is 3.71. The molecule has 0 aliphatic carbocycles. The first-order valence-corrected chi connectivity index (χ1v) is 5.94. The fraction of sp³-hybridized carbons (Fsp3) is 0. The van der Waals surface area contributed by atoms with Crippen LogP contribution in [0.5, 0.6) is 0 Å². The van der Waals surface area contributed by atoms with Gasteiger partial charge >= 0.3 is 0 Å². The van der Waals surface area contributed by atoms with Crippen LogP contribution >= 0.6 is 23.2 Å². The maximum absolute atomic E-state index is 11.9. The van der Waals surface area contributed by atoms with Crippen LogP contribution in [0.15, 0.2) is 42.5 Å². The van der Waals surface area contributed by atoms with Gasteiger partial charge in [0, 0.05) is 16.3 Å². The molecule has 0 unspecified atom stereocenters. The van der Waals surface area contributed by atoms with Crippen molar-refractivity contribution in [3.8, 4) is 0 Å². The van der Waals surface area contributed by atoms with E-state index in [0.717, 1.165) is 0 Å². The summed E-state index contributed by atoms with van der Waals surface area (Å²) in [6.07, 6.45) is 0. The third-order valence-corrected chi connectivity index (χ3v) is 2.94. The van der Waals surface area contributed by atoms with Crippen molar-refractivity contribution in [2.45, 2.75) is 0 Å². The predicted octanol–water partition coefficient (Wildman–Crippen LogP) is 3.83. The van der Waals surface area contributed by atoms with Crippen LogP contribution in [0.4, 0.5) is 11.4 Å². The highest BCUT2D eigenvalue weighted by atomic mass is 35.5. The van der Waals surface area contributed by atoms with Gasteiger partial charge in [0.05, 0.1) is 10.7 Å². The highest BCUT2D eigenvalue weighted by Crippen LogP contribution is 2.20. The number of nitrogens with two attached hydrogens (primary N) is 1. The van der Waals surface area contributed by atoms with Crippen molar-refractivity contribution in [1.29, 1.82) is 0 Å². The molecular formula is C13H10Cl2N2O. The number of benzene rings is 2. The Labute approximate surface area is 115 Å². The lowest BCUT2D eigenvalue weighted by Crippen LogP contribution is -2.11. The number of halogens is 2. The highest BCUT2D eigenvalue weighted by Gasteiger charge is 2.07. The van der Waals surface area contributed by atoms with E-state index >= 15 is 0 Å². The molecule has 3 nitrogen and oxygen atoms in total. The lowest BCUT2D eigenvalue weighted by Gasteiger charge is -2.06. The van der Waals surface area contributed by atoms with Gasteiger partial charge < -0.3 is 11.1 Å². The third kappa shape index (κ3) is 2.94. The molecule has 0 aliphatic heterocycles. The van der Waals surface area contributed by atoms with Gasteiger partial charge in [-0.05, 0) is 42.5 Å². The summed E-state index contributed by atoms with van der Waals surface area (Å²) < 4.78 is 0. The topological polar surface area (TPSA) is 55.1 Å². The molecular weight excluding hydrogens is 271 g/mol. The molecule has 5 heteroatoms. The second-order valence-electron chi connectivity index (χ2n) is 3.70. The van der Waals surface area contributed by atoms with Crippen molar-refractivity contribution >= 4 is 40.5 Å². The van der Waals surface area contributed by atoms with Gasteiger partial charge in [0.15, 0.2) is 0 Å². The fourth-order valence-corrected chi connectivity index (χ4v) is 1.71. The van der Waals surface area contributed by atoms with Crippen LogP contribution in [0.2, 0.25) is 10.0 Å². The van der Waals surface area contributed by atoms with E-state index in [4.69, 9.17) is 28.9 Å². The highest BCUT2D eigenvalue weighted by molar-refractivity contribution is 6.33. The second kappa shape index (κ2) is 5.29. The molecule has 92 valence electrons. The minimum atomic E-state index is -0.251. The van der Waals surface area contributed by atoms with Gasteiger partial charge in [0.25, 0.3) is 5.91 Å². The van der Waals surface area contributed by atoms with Crippen LogP contribution in [-0.4, -0.2) is 5.91 Å². The minimum Gasteiger partial charge on any atom is -0.398 e. The normalized spacial score (nSPS) is 10.1. The predicted molar refractivity (Wildman–Crippen MR) is 75.3 cm³/mol. The van der Waals surface area contributed by atoms with Crippen LogP contribution in [0.1, 0.15) is 10.4 Å². The standard InChI is InChI=1S/C13H10Cl2N2O/c14-9-2-4-10(5-3-9)17-13(18)8-1-6-12(16)11(15)7-8/h1-7H,16H2,(H,17,18). The van der Waals surface area contributed by atoms with E-state index in [2.05, 4.69) is 5.32 Å². The largest absolute Gasteiger partial charge is 0.398 e. The Balaban J connectivity index is 2.16. The molecule has 0 saturated carbocycles. The second-order valence-corrected chi connectivity index (χ2v) is 4.54. The summed E-state index contributed by atoms with van der Waals surface area (Å²) in [5.41, 5.74) is 7.14. The summed E-state index contributed by atoms with van der Waals surface area (Å²) >= 11 is 11.6. The van der Waals surface area contributed by atoms with Gasteiger partial charge in [0.2, 0.25) is 0 Å². The maximum atomic E-state index is 11.9. The summed E-state index contributed by atoms with van der Waals surface area (Å²) in [6.45, 7) is 0. The first-order chi connectivity index (χ1) is 8.56. The molecule has 0 fully saturated rings. The monoisotopic (exact) mass is 280 g/mol. The molecule has 0 saturated heterocycles. The van der Waals surface area contributed by atoms with E-state index in [-0.39, 0.29) is 5.91 Å². The molecule has 0 atom stereocenters. The fourth-order valence-electron chi connectivity index (χ4n) is 1.40. The number of amides is 1. The van der Waals surface area contributed by atoms with E-state index in [0.29, 0.717) is 27.0 Å². The number of anilines is 2. The third-order valence-electron chi connectivity index (χ3n) is 2.36. The summed E-state index contributed by atoms with van der Waals surface area (Å²) in [4.78, 5) is 11.9. The van der Waals surface area contributed by atoms with E-state index in [1.165, 1.54) is 6.07 Å². The number of carbonyl (C=O) groups is 1. The van der Waals surface area contributed by atoms with Gasteiger partial charge in [-0.1, -0.05) is 23.2 Å². The smallest absolute Gasteiger partial charge is 0.255 e. The van der Waals surface area contributed by atoms with E-state index in [1.54, 1.807) is 36.4 Å². The van der Waals surface area contributed by atoms with Gasteiger partial charge in [-0.25, -0.2) is 0 Å². The number of carbonyl (C=O) groups excluding carboxylic acids is 1. The van der Waals surface area contributed by atoms with Crippen molar-refractivity contribution in [2.24, 2.45) is 0 Å². The Morgan fingerprint density at radius 3 is 2.33 bits per heavy atom. The van der Waals surface area contributed by atoms with Gasteiger partial charge in [-0.3, -0.25) is 4.79 Å². The molecule has 0 aliphatic rings. The quantitative estimate of drug-likeness (QED) is 0.822. The van der Waals surface area contributed by atoms with Crippen LogP contribution < -0.4 is 11.1 Å². The molecule has 1 amide bonds. The molecule has 2 rings (SSSR count). The molecule has 0 radical (unpaired) electrons. The first-order valence-electron chi connectivity index (χ1n) is 5.18. The van der Waals surface area contributed by atoms with E-state index in [1.807, 2.05) is 0 Å². The molecule has 2 aromatic rings.